The van der Waals surface area contributed by atoms with Crippen molar-refractivity contribution in [1.82, 2.24) is 19.9 Å². The lowest BCUT2D eigenvalue weighted by molar-refractivity contribution is 1.07. The molecule has 0 spiro atoms. The normalized spacial score (nSPS) is 11.2. The first-order valence-electron chi connectivity index (χ1n) is 18.8. The van der Waals surface area contributed by atoms with Gasteiger partial charge in [-0.1, -0.05) is 182 Å². The molecule has 0 atom stereocenters. The van der Waals surface area contributed by atoms with Crippen LogP contribution in [0.15, 0.2) is 206 Å². The molecule has 0 bridgehead atoms. The molecular formula is C52H34N4. The summed E-state index contributed by atoms with van der Waals surface area (Å²) in [6.07, 6.45) is 0. The third kappa shape index (κ3) is 6.29. The van der Waals surface area contributed by atoms with Crippen LogP contribution in [0, 0.1) is 0 Å². The molecule has 0 amide bonds. The predicted molar refractivity (Wildman–Crippen MR) is 231 cm³/mol. The van der Waals surface area contributed by atoms with Gasteiger partial charge in [0.05, 0.1) is 11.2 Å². The lowest BCUT2D eigenvalue weighted by Crippen LogP contribution is -2.00. The number of aromatic nitrogens is 4. The molecule has 262 valence electrons. The van der Waals surface area contributed by atoms with Gasteiger partial charge >= 0.3 is 0 Å². The first kappa shape index (κ1) is 33.0. The van der Waals surface area contributed by atoms with Crippen LogP contribution in [0.1, 0.15) is 0 Å². The van der Waals surface area contributed by atoms with Crippen molar-refractivity contribution >= 4 is 21.7 Å². The Morgan fingerprint density at radius 1 is 0.268 bits per heavy atom. The lowest BCUT2D eigenvalue weighted by atomic mass is 9.89. The molecule has 0 aliphatic carbocycles. The van der Waals surface area contributed by atoms with Crippen LogP contribution in [0.2, 0.25) is 0 Å². The van der Waals surface area contributed by atoms with Crippen molar-refractivity contribution in [1.29, 1.82) is 0 Å². The maximum Gasteiger partial charge on any atom is 0.164 e. The molecule has 0 saturated carbocycles. The molecule has 10 aromatic rings. The minimum Gasteiger partial charge on any atom is -0.247 e. The monoisotopic (exact) mass is 714 g/mol. The summed E-state index contributed by atoms with van der Waals surface area (Å²) in [4.78, 5) is 20.3. The second-order valence-electron chi connectivity index (χ2n) is 13.9. The van der Waals surface area contributed by atoms with Gasteiger partial charge in [-0.3, -0.25) is 0 Å². The molecular weight excluding hydrogens is 681 g/mol. The van der Waals surface area contributed by atoms with E-state index in [4.69, 9.17) is 19.9 Å². The summed E-state index contributed by atoms with van der Waals surface area (Å²) in [6.45, 7) is 0. The van der Waals surface area contributed by atoms with Crippen molar-refractivity contribution in [3.05, 3.63) is 206 Å². The molecule has 4 nitrogen and oxygen atoms in total. The quantitative estimate of drug-likeness (QED) is 0.154. The van der Waals surface area contributed by atoms with Crippen molar-refractivity contribution < 1.29 is 0 Å². The van der Waals surface area contributed by atoms with Crippen molar-refractivity contribution in [3.63, 3.8) is 0 Å². The molecule has 2 aromatic heterocycles. The molecule has 4 heteroatoms. The molecule has 56 heavy (non-hydrogen) atoms. The number of fused-ring (bicyclic) bond motifs is 3. The molecule has 8 aromatic carbocycles. The van der Waals surface area contributed by atoms with Gasteiger partial charge in [0.2, 0.25) is 0 Å². The second kappa shape index (κ2) is 14.3. The maximum absolute atomic E-state index is 5.46. The minimum atomic E-state index is 0.627. The molecule has 0 N–H and O–H groups in total. The van der Waals surface area contributed by atoms with Crippen molar-refractivity contribution in [3.8, 4) is 78.8 Å². The summed E-state index contributed by atoms with van der Waals surface area (Å²) in [5.74, 6) is 1.91. The van der Waals surface area contributed by atoms with Crippen LogP contribution in [0.5, 0.6) is 0 Å². The van der Waals surface area contributed by atoms with Crippen LogP contribution in [0.3, 0.4) is 0 Å². The van der Waals surface area contributed by atoms with E-state index in [9.17, 15) is 0 Å². The van der Waals surface area contributed by atoms with E-state index < -0.39 is 0 Å². The highest BCUT2D eigenvalue weighted by Crippen LogP contribution is 2.42. The van der Waals surface area contributed by atoms with E-state index in [0.717, 1.165) is 66.7 Å². The standard InChI is InChI=1S/C52H34N4/c1-5-17-35(18-6-1)45-34-47(36-19-7-2-8-20-36)53-49-46(33-42-25-13-14-30-44(42)48(45)49)41-28-15-26-39(31-41)40-27-16-29-43(32-40)52-55-50(37-21-9-3-10-22-37)54-51(56-52)38-23-11-4-12-24-38/h1-34H. The van der Waals surface area contributed by atoms with E-state index in [1.165, 1.54) is 16.3 Å². The smallest absolute Gasteiger partial charge is 0.164 e. The van der Waals surface area contributed by atoms with Gasteiger partial charge in [-0.15, -0.1) is 0 Å². The highest BCUT2D eigenvalue weighted by molar-refractivity contribution is 6.18. The third-order valence-electron chi connectivity index (χ3n) is 10.3. The van der Waals surface area contributed by atoms with Gasteiger partial charge in [0.1, 0.15) is 0 Å². The number of benzene rings is 8. The summed E-state index contributed by atoms with van der Waals surface area (Å²) in [5.41, 5.74) is 12.5. The Balaban J connectivity index is 1.14. The van der Waals surface area contributed by atoms with Gasteiger partial charge in [0.25, 0.3) is 0 Å². The second-order valence-corrected chi connectivity index (χ2v) is 13.9. The Morgan fingerprint density at radius 2 is 0.714 bits per heavy atom. The maximum atomic E-state index is 5.46. The fourth-order valence-corrected chi connectivity index (χ4v) is 7.55. The number of hydrogen-bond donors (Lipinski definition) is 0. The zero-order valence-electron chi connectivity index (χ0n) is 30.4. The van der Waals surface area contributed by atoms with Gasteiger partial charge < -0.3 is 0 Å². The fraction of sp³-hybridized carbons (Fsp3) is 0. The largest absolute Gasteiger partial charge is 0.247 e. The fourth-order valence-electron chi connectivity index (χ4n) is 7.55. The van der Waals surface area contributed by atoms with E-state index in [2.05, 4.69) is 140 Å². The van der Waals surface area contributed by atoms with Gasteiger partial charge in [0, 0.05) is 33.2 Å². The summed E-state index contributed by atoms with van der Waals surface area (Å²) in [6, 6.07) is 71.8. The third-order valence-corrected chi connectivity index (χ3v) is 10.3. The number of rotatable bonds is 7. The van der Waals surface area contributed by atoms with Crippen molar-refractivity contribution in [2.24, 2.45) is 0 Å². The molecule has 0 aliphatic heterocycles. The molecule has 0 fully saturated rings. The molecule has 0 saturated heterocycles. The molecule has 2 heterocycles. The lowest BCUT2D eigenvalue weighted by Gasteiger charge is -2.17. The van der Waals surface area contributed by atoms with Crippen molar-refractivity contribution in [2.45, 2.75) is 0 Å². The van der Waals surface area contributed by atoms with Gasteiger partial charge in [-0.05, 0) is 62.9 Å². The van der Waals surface area contributed by atoms with Crippen LogP contribution in [-0.4, -0.2) is 19.9 Å². The number of nitrogens with zero attached hydrogens (tertiary/aromatic N) is 4. The topological polar surface area (TPSA) is 51.6 Å². The number of pyridine rings is 1. The summed E-state index contributed by atoms with van der Waals surface area (Å²) in [7, 11) is 0. The average molecular weight is 715 g/mol. The van der Waals surface area contributed by atoms with E-state index >= 15 is 0 Å². The van der Waals surface area contributed by atoms with Crippen LogP contribution in [0.25, 0.3) is 100 Å². The summed E-state index contributed by atoms with van der Waals surface area (Å²) in [5, 5.41) is 3.50. The first-order chi connectivity index (χ1) is 27.7. The van der Waals surface area contributed by atoms with E-state index in [0.29, 0.717) is 17.5 Å². The first-order valence-corrected chi connectivity index (χ1v) is 18.8. The summed E-state index contributed by atoms with van der Waals surface area (Å²) < 4.78 is 0. The predicted octanol–water partition coefficient (Wildman–Crippen LogP) is 13.2. The van der Waals surface area contributed by atoms with Crippen molar-refractivity contribution in [2.75, 3.05) is 0 Å². The molecule has 0 unspecified atom stereocenters. The van der Waals surface area contributed by atoms with Crippen LogP contribution >= 0.6 is 0 Å². The SMILES string of the molecule is c1ccc(-c2cc(-c3ccccc3)c3c(n2)c(-c2cccc(-c4cccc(-c5nc(-c6ccccc6)nc(-c6ccccc6)n5)c4)c2)cc2ccccc23)cc1. The van der Waals surface area contributed by atoms with E-state index in [1.807, 2.05) is 66.7 Å². The molecule has 0 aliphatic rings. The Hall–Kier alpha value is -7.56. The van der Waals surface area contributed by atoms with Crippen LogP contribution < -0.4 is 0 Å². The zero-order valence-corrected chi connectivity index (χ0v) is 30.4. The average Bonchev–Trinajstić information content (AvgIpc) is 3.29. The molecule has 0 radical (unpaired) electrons. The Kier molecular flexibility index (Phi) is 8.47. The van der Waals surface area contributed by atoms with Gasteiger partial charge in [-0.25, -0.2) is 19.9 Å². The van der Waals surface area contributed by atoms with E-state index in [1.54, 1.807) is 0 Å². The Labute approximate surface area is 325 Å². The van der Waals surface area contributed by atoms with Crippen LogP contribution in [0.4, 0.5) is 0 Å². The minimum absolute atomic E-state index is 0.627. The molecule has 10 rings (SSSR count). The van der Waals surface area contributed by atoms with E-state index in [-0.39, 0.29) is 0 Å². The number of hydrogen-bond acceptors (Lipinski definition) is 4. The highest BCUT2D eigenvalue weighted by atomic mass is 15.0. The Bertz CT molecular complexity index is 2940. The Morgan fingerprint density at radius 3 is 1.32 bits per heavy atom. The van der Waals surface area contributed by atoms with Gasteiger partial charge in [-0.2, -0.15) is 0 Å². The van der Waals surface area contributed by atoms with Gasteiger partial charge in [0.15, 0.2) is 17.5 Å². The zero-order chi connectivity index (χ0) is 37.3. The summed E-state index contributed by atoms with van der Waals surface area (Å²) >= 11 is 0. The highest BCUT2D eigenvalue weighted by Gasteiger charge is 2.18. The van der Waals surface area contributed by atoms with Crippen LogP contribution in [-0.2, 0) is 0 Å².